The molecule has 1 atom stereocenters. The Bertz CT molecular complexity index is 848. The van der Waals surface area contributed by atoms with Gasteiger partial charge in [-0.15, -0.1) is 0 Å². The molecular formula is C19H21ClN4O2. The number of piperidine rings is 1. The Kier molecular flexibility index (Phi) is 4.68. The summed E-state index contributed by atoms with van der Waals surface area (Å²) in [4.78, 5) is 27.3. The van der Waals surface area contributed by atoms with Crippen LogP contribution in [0.3, 0.4) is 0 Å². The molecule has 7 heteroatoms. The summed E-state index contributed by atoms with van der Waals surface area (Å²) in [6.07, 6.45) is 5.40. The van der Waals surface area contributed by atoms with Crippen LogP contribution in [0.1, 0.15) is 47.4 Å². The van der Waals surface area contributed by atoms with Gasteiger partial charge >= 0.3 is 0 Å². The van der Waals surface area contributed by atoms with E-state index in [0.29, 0.717) is 29.4 Å². The molecule has 26 heavy (non-hydrogen) atoms. The van der Waals surface area contributed by atoms with Gasteiger partial charge in [-0.2, -0.15) is 5.10 Å². The minimum atomic E-state index is -0.552. The molecule has 2 aromatic rings. The van der Waals surface area contributed by atoms with Gasteiger partial charge in [0.2, 0.25) is 5.91 Å². The number of aromatic nitrogens is 2. The zero-order chi connectivity index (χ0) is 18.1. The third-order valence-electron chi connectivity index (χ3n) is 5.16. The molecule has 1 aromatic carbocycles. The Labute approximate surface area is 156 Å². The highest BCUT2D eigenvalue weighted by molar-refractivity contribution is 6.33. The third-order valence-corrected chi connectivity index (χ3v) is 5.48. The number of nitrogens with one attached hydrogen (secondary N) is 2. The quantitative estimate of drug-likeness (QED) is 0.869. The molecule has 2 N–H and O–H groups in total. The molecule has 136 valence electrons. The summed E-state index contributed by atoms with van der Waals surface area (Å²) in [5.41, 5.74) is 3.17. The Hall–Kier alpha value is -2.34. The highest BCUT2D eigenvalue weighted by Gasteiger charge is 2.33. The fraction of sp³-hybridized carbons (Fsp3) is 0.421. The topological polar surface area (TPSA) is 78.1 Å². The largest absolute Gasteiger partial charge is 0.339 e. The van der Waals surface area contributed by atoms with Gasteiger partial charge in [0.05, 0.1) is 10.7 Å². The maximum absolute atomic E-state index is 12.9. The first-order chi connectivity index (χ1) is 12.6. The molecule has 0 spiro atoms. The Balaban J connectivity index is 1.51. The average molecular weight is 373 g/mol. The number of H-pyrrole nitrogens is 1. The summed E-state index contributed by atoms with van der Waals surface area (Å²) in [7, 11) is 0. The van der Waals surface area contributed by atoms with Crippen molar-refractivity contribution in [2.24, 2.45) is 0 Å². The standard InChI is InChI=1S/C19H21ClN4O2/c20-13-7-2-4-10-16(13)24-11-5-9-15(19(24)26)21-18(25)17-12-6-1-3-8-14(12)22-23-17/h2,4,7,10,15H,1,3,5-6,8-9,11H2,(H,21,25)(H,22,23). The number of hydrogen-bond donors (Lipinski definition) is 2. The Morgan fingerprint density at radius 3 is 2.88 bits per heavy atom. The molecule has 1 unspecified atom stereocenters. The van der Waals surface area contributed by atoms with Crippen molar-refractivity contribution >= 4 is 29.1 Å². The first-order valence-corrected chi connectivity index (χ1v) is 9.46. The number of rotatable bonds is 3. The van der Waals surface area contributed by atoms with E-state index < -0.39 is 6.04 Å². The minimum absolute atomic E-state index is 0.123. The number of fused-ring (bicyclic) bond motifs is 1. The van der Waals surface area contributed by atoms with Gasteiger partial charge in [0, 0.05) is 17.8 Å². The summed E-state index contributed by atoms with van der Waals surface area (Å²) < 4.78 is 0. The molecule has 1 aliphatic heterocycles. The van der Waals surface area contributed by atoms with Crippen LogP contribution in [0.2, 0.25) is 5.02 Å². The summed E-state index contributed by atoms with van der Waals surface area (Å²) in [6.45, 7) is 0.604. The summed E-state index contributed by atoms with van der Waals surface area (Å²) >= 11 is 6.24. The van der Waals surface area contributed by atoms with Crippen molar-refractivity contribution in [3.63, 3.8) is 0 Å². The molecule has 0 bridgehead atoms. The lowest BCUT2D eigenvalue weighted by molar-refractivity contribution is -0.121. The van der Waals surface area contributed by atoms with E-state index in [4.69, 9.17) is 11.6 Å². The van der Waals surface area contributed by atoms with E-state index in [1.165, 1.54) is 0 Å². The maximum Gasteiger partial charge on any atom is 0.272 e. The second-order valence-corrected chi connectivity index (χ2v) is 7.25. The molecule has 4 rings (SSSR count). The van der Waals surface area contributed by atoms with Crippen LogP contribution in [0, 0.1) is 0 Å². The van der Waals surface area contributed by atoms with Gasteiger partial charge in [0.15, 0.2) is 5.69 Å². The molecule has 2 amide bonds. The molecular weight excluding hydrogens is 352 g/mol. The number of carbonyl (C=O) groups is 2. The SMILES string of the molecule is O=C(NC1CCCN(c2ccccc2Cl)C1=O)c1n[nH]c2c1CCCC2. The van der Waals surface area contributed by atoms with Crippen molar-refractivity contribution in [1.82, 2.24) is 15.5 Å². The highest BCUT2D eigenvalue weighted by atomic mass is 35.5. The van der Waals surface area contributed by atoms with Crippen LogP contribution < -0.4 is 10.2 Å². The zero-order valence-corrected chi connectivity index (χ0v) is 15.2. The second-order valence-electron chi connectivity index (χ2n) is 6.85. The van der Waals surface area contributed by atoms with Crippen LogP contribution in [-0.2, 0) is 17.6 Å². The summed E-state index contributed by atoms with van der Waals surface area (Å²) in [5.74, 6) is -0.397. The Morgan fingerprint density at radius 2 is 2.04 bits per heavy atom. The van der Waals surface area contributed by atoms with E-state index in [1.54, 1.807) is 11.0 Å². The molecule has 6 nitrogen and oxygen atoms in total. The van der Waals surface area contributed by atoms with Gasteiger partial charge < -0.3 is 10.2 Å². The molecule has 0 radical (unpaired) electrons. The van der Waals surface area contributed by atoms with E-state index in [-0.39, 0.29) is 11.8 Å². The van der Waals surface area contributed by atoms with Crippen LogP contribution in [0.25, 0.3) is 0 Å². The predicted octanol–water partition coefficient (Wildman–Crippen LogP) is 2.87. The molecule has 2 heterocycles. The second kappa shape index (κ2) is 7.11. The number of carbonyl (C=O) groups excluding carboxylic acids is 2. The van der Waals surface area contributed by atoms with Crippen LogP contribution in [-0.4, -0.2) is 34.6 Å². The van der Waals surface area contributed by atoms with Gasteiger partial charge in [-0.3, -0.25) is 14.7 Å². The van der Waals surface area contributed by atoms with Gasteiger partial charge in [0.25, 0.3) is 5.91 Å². The maximum atomic E-state index is 12.9. The number of benzene rings is 1. The van der Waals surface area contributed by atoms with E-state index in [9.17, 15) is 9.59 Å². The summed E-state index contributed by atoms with van der Waals surface area (Å²) in [5, 5.41) is 10.6. The average Bonchev–Trinajstić information content (AvgIpc) is 3.08. The number of amides is 2. The zero-order valence-electron chi connectivity index (χ0n) is 14.4. The van der Waals surface area contributed by atoms with Crippen LogP contribution >= 0.6 is 11.6 Å². The van der Waals surface area contributed by atoms with Crippen LogP contribution in [0.5, 0.6) is 0 Å². The monoisotopic (exact) mass is 372 g/mol. The molecule has 1 aromatic heterocycles. The van der Waals surface area contributed by atoms with E-state index in [0.717, 1.165) is 43.4 Å². The van der Waals surface area contributed by atoms with E-state index in [1.807, 2.05) is 18.2 Å². The van der Waals surface area contributed by atoms with Crippen molar-refractivity contribution in [2.75, 3.05) is 11.4 Å². The molecule has 0 saturated carbocycles. The predicted molar refractivity (Wildman–Crippen MR) is 99.5 cm³/mol. The van der Waals surface area contributed by atoms with Crippen molar-refractivity contribution in [2.45, 2.75) is 44.6 Å². The number of aromatic amines is 1. The fourth-order valence-electron chi connectivity index (χ4n) is 3.81. The van der Waals surface area contributed by atoms with E-state index >= 15 is 0 Å². The number of halogens is 1. The third kappa shape index (κ3) is 3.09. The van der Waals surface area contributed by atoms with E-state index in [2.05, 4.69) is 15.5 Å². The normalized spacial score (nSPS) is 20.0. The number of anilines is 1. The number of hydrogen-bond acceptors (Lipinski definition) is 3. The summed E-state index contributed by atoms with van der Waals surface area (Å²) in [6, 6.07) is 6.73. The van der Waals surface area contributed by atoms with Gasteiger partial charge in [-0.25, -0.2) is 0 Å². The van der Waals surface area contributed by atoms with Crippen molar-refractivity contribution in [3.05, 3.63) is 46.2 Å². The van der Waals surface area contributed by atoms with Gasteiger partial charge in [-0.05, 0) is 50.7 Å². The minimum Gasteiger partial charge on any atom is -0.339 e. The number of aryl methyl sites for hydroxylation is 1. The first kappa shape index (κ1) is 17.1. The van der Waals surface area contributed by atoms with Crippen molar-refractivity contribution in [3.8, 4) is 0 Å². The van der Waals surface area contributed by atoms with Crippen molar-refractivity contribution in [1.29, 1.82) is 0 Å². The van der Waals surface area contributed by atoms with Gasteiger partial charge in [-0.1, -0.05) is 23.7 Å². The van der Waals surface area contributed by atoms with Crippen molar-refractivity contribution < 1.29 is 9.59 Å². The smallest absolute Gasteiger partial charge is 0.272 e. The van der Waals surface area contributed by atoms with Crippen LogP contribution in [0.4, 0.5) is 5.69 Å². The van der Waals surface area contributed by atoms with Crippen LogP contribution in [0.15, 0.2) is 24.3 Å². The lowest BCUT2D eigenvalue weighted by Gasteiger charge is -2.33. The molecule has 2 aliphatic rings. The highest BCUT2D eigenvalue weighted by Crippen LogP contribution is 2.29. The first-order valence-electron chi connectivity index (χ1n) is 9.08. The fourth-order valence-corrected chi connectivity index (χ4v) is 4.05. The molecule has 1 fully saturated rings. The molecule has 1 saturated heterocycles. The Morgan fingerprint density at radius 1 is 1.23 bits per heavy atom. The number of nitrogens with zero attached hydrogens (tertiary/aromatic N) is 2. The molecule has 1 aliphatic carbocycles. The lowest BCUT2D eigenvalue weighted by Crippen LogP contribution is -2.52. The van der Waals surface area contributed by atoms with Gasteiger partial charge in [0.1, 0.15) is 6.04 Å². The lowest BCUT2D eigenvalue weighted by atomic mass is 9.95. The number of para-hydroxylation sites is 1.